The average Bonchev–Trinajstić information content (AvgIpc) is 3.24. The summed E-state index contributed by atoms with van der Waals surface area (Å²) >= 11 is 0. The molecule has 27 heavy (non-hydrogen) atoms. The Morgan fingerprint density at radius 3 is 2.78 bits per heavy atom. The Morgan fingerprint density at radius 2 is 2.04 bits per heavy atom. The molecule has 3 aromatic heterocycles. The number of para-hydroxylation sites is 2. The monoisotopic (exact) mass is 363 g/mol. The predicted molar refractivity (Wildman–Crippen MR) is 98.8 cm³/mol. The minimum atomic E-state index is -0.547. The SMILES string of the molecule is Cn1cc(-c2ccc(CNC(=O)Cn3c(=O)oc4ccccc43)cn2)cn1. The third-order valence-corrected chi connectivity index (χ3v) is 4.19. The molecule has 1 N–H and O–H groups in total. The first-order valence-corrected chi connectivity index (χ1v) is 8.39. The highest BCUT2D eigenvalue weighted by atomic mass is 16.4. The minimum absolute atomic E-state index is 0.100. The molecule has 0 unspecified atom stereocenters. The van der Waals surface area contributed by atoms with Gasteiger partial charge in [-0.2, -0.15) is 5.10 Å². The second-order valence-corrected chi connectivity index (χ2v) is 6.15. The molecule has 3 heterocycles. The third-order valence-electron chi connectivity index (χ3n) is 4.19. The molecule has 0 saturated carbocycles. The molecule has 1 aromatic carbocycles. The van der Waals surface area contributed by atoms with Gasteiger partial charge in [-0.1, -0.05) is 18.2 Å². The smallest absolute Gasteiger partial charge is 0.408 e. The van der Waals surface area contributed by atoms with E-state index in [0.717, 1.165) is 16.8 Å². The molecule has 0 fully saturated rings. The van der Waals surface area contributed by atoms with Gasteiger partial charge in [-0.05, 0) is 23.8 Å². The van der Waals surface area contributed by atoms with E-state index in [1.165, 1.54) is 4.57 Å². The van der Waals surface area contributed by atoms with Crippen molar-refractivity contribution in [3.8, 4) is 11.3 Å². The highest BCUT2D eigenvalue weighted by Gasteiger charge is 2.12. The van der Waals surface area contributed by atoms with Crippen LogP contribution in [-0.2, 0) is 24.9 Å². The van der Waals surface area contributed by atoms with Gasteiger partial charge >= 0.3 is 5.76 Å². The van der Waals surface area contributed by atoms with E-state index in [2.05, 4.69) is 15.4 Å². The number of oxazole rings is 1. The number of hydrogen-bond donors (Lipinski definition) is 1. The van der Waals surface area contributed by atoms with Crippen molar-refractivity contribution in [1.82, 2.24) is 24.6 Å². The number of carbonyl (C=O) groups is 1. The molecule has 0 spiro atoms. The van der Waals surface area contributed by atoms with Crippen LogP contribution in [0.2, 0.25) is 0 Å². The molecule has 0 aliphatic rings. The molecule has 0 atom stereocenters. The van der Waals surface area contributed by atoms with Crippen molar-refractivity contribution in [2.24, 2.45) is 7.05 Å². The fourth-order valence-electron chi connectivity index (χ4n) is 2.82. The molecular weight excluding hydrogens is 346 g/mol. The Kier molecular flexibility index (Phi) is 4.29. The van der Waals surface area contributed by atoms with Crippen molar-refractivity contribution in [3.05, 3.63) is 71.1 Å². The lowest BCUT2D eigenvalue weighted by Gasteiger charge is -2.06. The Labute approximate surface area is 154 Å². The van der Waals surface area contributed by atoms with Gasteiger partial charge in [0.15, 0.2) is 5.58 Å². The van der Waals surface area contributed by atoms with Crippen molar-refractivity contribution < 1.29 is 9.21 Å². The summed E-state index contributed by atoms with van der Waals surface area (Å²) in [5.41, 5.74) is 3.67. The van der Waals surface area contributed by atoms with Crippen LogP contribution < -0.4 is 11.1 Å². The Morgan fingerprint density at radius 1 is 1.19 bits per heavy atom. The third kappa shape index (κ3) is 3.50. The van der Waals surface area contributed by atoms with Gasteiger partial charge in [0.2, 0.25) is 5.91 Å². The van der Waals surface area contributed by atoms with Gasteiger partial charge in [-0.15, -0.1) is 0 Å². The summed E-state index contributed by atoms with van der Waals surface area (Å²) in [4.78, 5) is 28.5. The second kappa shape index (κ2) is 6.91. The van der Waals surface area contributed by atoms with Crippen LogP contribution in [0, 0.1) is 0 Å². The summed E-state index contributed by atoms with van der Waals surface area (Å²) in [7, 11) is 1.85. The highest BCUT2D eigenvalue weighted by molar-refractivity contribution is 5.79. The van der Waals surface area contributed by atoms with E-state index in [1.807, 2.05) is 25.4 Å². The number of aromatic nitrogens is 4. The zero-order valence-corrected chi connectivity index (χ0v) is 14.6. The van der Waals surface area contributed by atoms with E-state index >= 15 is 0 Å². The lowest BCUT2D eigenvalue weighted by Crippen LogP contribution is -2.30. The van der Waals surface area contributed by atoms with Crippen molar-refractivity contribution in [2.45, 2.75) is 13.1 Å². The summed E-state index contributed by atoms with van der Waals surface area (Å²) in [6.07, 6.45) is 5.34. The van der Waals surface area contributed by atoms with Crippen molar-refractivity contribution >= 4 is 17.0 Å². The van der Waals surface area contributed by atoms with Crippen molar-refractivity contribution in [1.29, 1.82) is 0 Å². The van der Waals surface area contributed by atoms with Crippen molar-refractivity contribution in [2.75, 3.05) is 0 Å². The Hall–Kier alpha value is -3.68. The quantitative estimate of drug-likeness (QED) is 0.582. The molecule has 0 saturated heterocycles. The predicted octanol–water partition coefficient (Wildman–Crippen LogP) is 1.71. The summed E-state index contributed by atoms with van der Waals surface area (Å²) < 4.78 is 8.16. The summed E-state index contributed by atoms with van der Waals surface area (Å²) in [5.74, 6) is -0.825. The maximum atomic E-state index is 12.2. The number of rotatable bonds is 5. The van der Waals surface area contributed by atoms with Crippen LogP contribution in [0.5, 0.6) is 0 Å². The van der Waals surface area contributed by atoms with Gasteiger partial charge in [0.1, 0.15) is 6.54 Å². The number of fused-ring (bicyclic) bond motifs is 1. The van der Waals surface area contributed by atoms with E-state index in [0.29, 0.717) is 17.6 Å². The highest BCUT2D eigenvalue weighted by Crippen LogP contribution is 2.15. The molecule has 8 heteroatoms. The van der Waals surface area contributed by atoms with Crippen LogP contribution >= 0.6 is 0 Å². The first kappa shape index (κ1) is 16.8. The van der Waals surface area contributed by atoms with Gasteiger partial charge in [0, 0.05) is 31.5 Å². The Balaban J connectivity index is 1.40. The van der Waals surface area contributed by atoms with E-state index in [4.69, 9.17) is 4.42 Å². The molecule has 0 bridgehead atoms. The van der Waals surface area contributed by atoms with Gasteiger partial charge in [-0.25, -0.2) is 4.79 Å². The van der Waals surface area contributed by atoms with Gasteiger partial charge in [-0.3, -0.25) is 19.0 Å². The fourth-order valence-corrected chi connectivity index (χ4v) is 2.82. The first-order valence-electron chi connectivity index (χ1n) is 8.39. The zero-order chi connectivity index (χ0) is 18.8. The molecule has 8 nitrogen and oxygen atoms in total. The van der Waals surface area contributed by atoms with E-state index in [-0.39, 0.29) is 12.5 Å². The van der Waals surface area contributed by atoms with Crippen LogP contribution in [0.1, 0.15) is 5.56 Å². The van der Waals surface area contributed by atoms with E-state index < -0.39 is 5.76 Å². The number of amides is 1. The molecule has 1 amide bonds. The molecule has 0 radical (unpaired) electrons. The number of carbonyl (C=O) groups excluding carboxylic acids is 1. The molecule has 4 rings (SSSR count). The zero-order valence-electron chi connectivity index (χ0n) is 14.6. The molecule has 136 valence electrons. The summed E-state index contributed by atoms with van der Waals surface area (Å²) in [6, 6.07) is 10.8. The molecular formula is C19H17N5O3. The van der Waals surface area contributed by atoms with Crippen LogP contribution in [0.3, 0.4) is 0 Å². The van der Waals surface area contributed by atoms with Crippen molar-refractivity contribution in [3.63, 3.8) is 0 Å². The fraction of sp³-hybridized carbons (Fsp3) is 0.158. The summed E-state index contributed by atoms with van der Waals surface area (Å²) in [5, 5.41) is 6.92. The number of aryl methyl sites for hydroxylation is 1. The van der Waals surface area contributed by atoms with Crippen LogP contribution in [0.25, 0.3) is 22.4 Å². The maximum Gasteiger partial charge on any atom is 0.420 e. The van der Waals surface area contributed by atoms with Gasteiger partial charge in [0.05, 0.1) is 17.4 Å². The van der Waals surface area contributed by atoms with Gasteiger partial charge in [0.25, 0.3) is 0 Å². The van der Waals surface area contributed by atoms with E-state index in [1.54, 1.807) is 41.3 Å². The summed E-state index contributed by atoms with van der Waals surface area (Å²) in [6.45, 7) is 0.223. The maximum absolute atomic E-state index is 12.2. The van der Waals surface area contributed by atoms with Crippen LogP contribution in [0.15, 0.2) is 64.2 Å². The standard InChI is InChI=1S/C19H17N5O3/c1-23-11-14(10-22-23)15-7-6-13(8-20-15)9-21-18(25)12-24-16-4-2-3-5-17(16)27-19(24)26/h2-8,10-11H,9,12H2,1H3,(H,21,25). The second-order valence-electron chi connectivity index (χ2n) is 6.15. The largest absolute Gasteiger partial charge is 0.420 e. The number of nitrogens with zero attached hydrogens (tertiary/aromatic N) is 4. The van der Waals surface area contributed by atoms with Crippen LogP contribution in [-0.4, -0.2) is 25.2 Å². The number of benzene rings is 1. The number of hydrogen-bond acceptors (Lipinski definition) is 5. The van der Waals surface area contributed by atoms with E-state index in [9.17, 15) is 9.59 Å². The lowest BCUT2D eigenvalue weighted by atomic mass is 10.2. The lowest BCUT2D eigenvalue weighted by molar-refractivity contribution is -0.121. The van der Waals surface area contributed by atoms with Gasteiger partial charge < -0.3 is 9.73 Å². The minimum Gasteiger partial charge on any atom is -0.408 e. The average molecular weight is 363 g/mol. The number of pyridine rings is 1. The number of nitrogens with one attached hydrogen (secondary N) is 1. The normalized spacial score (nSPS) is 11.0. The van der Waals surface area contributed by atoms with Crippen LogP contribution in [0.4, 0.5) is 0 Å². The topological polar surface area (TPSA) is 95.0 Å². The molecule has 4 aromatic rings. The molecule has 0 aliphatic carbocycles. The first-order chi connectivity index (χ1) is 13.1. The Bertz CT molecular complexity index is 1150. The molecule has 0 aliphatic heterocycles.